The largest absolute Gasteiger partial charge is 0.417 e. The Kier molecular flexibility index (Phi) is 7.08. The maximum atomic E-state index is 12.8. The van der Waals surface area contributed by atoms with Crippen LogP contribution < -0.4 is 5.32 Å². The van der Waals surface area contributed by atoms with Crippen LogP contribution in [0.15, 0.2) is 18.2 Å². The third-order valence-corrected chi connectivity index (χ3v) is 3.52. The van der Waals surface area contributed by atoms with Gasteiger partial charge in [-0.25, -0.2) is 0 Å². The molecule has 1 aromatic carbocycles. The summed E-state index contributed by atoms with van der Waals surface area (Å²) in [5, 5.41) is 1.96. The van der Waals surface area contributed by atoms with E-state index < -0.39 is 22.7 Å². The zero-order valence-electron chi connectivity index (χ0n) is 13.7. The van der Waals surface area contributed by atoms with Crippen molar-refractivity contribution < 1.29 is 22.8 Å². The minimum atomic E-state index is -4.60. The van der Waals surface area contributed by atoms with Crippen LogP contribution in [-0.4, -0.2) is 29.8 Å². The van der Waals surface area contributed by atoms with Crippen molar-refractivity contribution in [1.29, 1.82) is 0 Å². The first kappa shape index (κ1) is 20.3. The number of amides is 2. The fourth-order valence-corrected chi connectivity index (χ4v) is 2.32. The van der Waals surface area contributed by atoms with Gasteiger partial charge in [0.05, 0.1) is 10.6 Å². The number of anilines is 1. The van der Waals surface area contributed by atoms with Gasteiger partial charge in [-0.3, -0.25) is 9.59 Å². The van der Waals surface area contributed by atoms with Crippen molar-refractivity contribution in [2.24, 2.45) is 5.92 Å². The summed E-state index contributed by atoms with van der Waals surface area (Å²) in [6.45, 7) is 6.03. The number of benzene rings is 1. The molecule has 0 radical (unpaired) electrons. The van der Waals surface area contributed by atoms with Crippen LogP contribution in [0.4, 0.5) is 18.9 Å². The molecule has 0 aliphatic carbocycles. The molecule has 0 saturated carbocycles. The van der Waals surface area contributed by atoms with Crippen LogP contribution in [0.1, 0.15) is 32.8 Å². The van der Waals surface area contributed by atoms with Crippen LogP contribution in [0.3, 0.4) is 0 Å². The number of hydrogen-bond donors (Lipinski definition) is 1. The molecule has 134 valence electrons. The average Bonchev–Trinajstić information content (AvgIpc) is 2.43. The van der Waals surface area contributed by atoms with Crippen LogP contribution >= 0.6 is 11.6 Å². The Hall–Kier alpha value is -1.76. The molecule has 0 aliphatic rings. The molecule has 2 amide bonds. The summed E-state index contributed by atoms with van der Waals surface area (Å²) in [7, 11) is 0. The van der Waals surface area contributed by atoms with Crippen molar-refractivity contribution >= 4 is 29.1 Å². The predicted molar refractivity (Wildman–Crippen MR) is 86.8 cm³/mol. The highest BCUT2D eigenvalue weighted by atomic mass is 35.5. The lowest BCUT2D eigenvalue weighted by molar-refractivity contribution is -0.137. The second-order valence-corrected chi connectivity index (χ2v) is 6.26. The molecule has 0 heterocycles. The number of carbonyl (C=O) groups excluding carboxylic acids is 2. The molecule has 0 saturated heterocycles. The van der Waals surface area contributed by atoms with E-state index in [4.69, 9.17) is 11.6 Å². The Balaban J connectivity index is 2.70. The van der Waals surface area contributed by atoms with E-state index in [9.17, 15) is 22.8 Å². The van der Waals surface area contributed by atoms with Gasteiger partial charge in [0.2, 0.25) is 11.8 Å². The Morgan fingerprint density at radius 2 is 1.92 bits per heavy atom. The molecular weight excluding hydrogens is 345 g/mol. The molecule has 0 atom stereocenters. The van der Waals surface area contributed by atoms with E-state index in [1.165, 1.54) is 17.9 Å². The number of hydrogen-bond acceptors (Lipinski definition) is 2. The monoisotopic (exact) mass is 364 g/mol. The third kappa shape index (κ3) is 6.39. The molecule has 8 heteroatoms. The van der Waals surface area contributed by atoms with Gasteiger partial charge in [-0.15, -0.1) is 0 Å². The first-order valence-electron chi connectivity index (χ1n) is 7.42. The van der Waals surface area contributed by atoms with Crippen molar-refractivity contribution in [2.45, 2.75) is 33.4 Å². The Bertz CT molecular complexity index is 603. The van der Waals surface area contributed by atoms with Gasteiger partial charge in [-0.05, 0) is 24.1 Å². The summed E-state index contributed by atoms with van der Waals surface area (Å²) in [5.41, 5.74) is -0.998. The fraction of sp³-hybridized carbons (Fsp3) is 0.500. The number of nitrogens with one attached hydrogen (secondary N) is 1. The summed E-state index contributed by atoms with van der Waals surface area (Å²) < 4.78 is 38.4. The lowest BCUT2D eigenvalue weighted by Gasteiger charge is -2.22. The molecule has 0 spiro atoms. The van der Waals surface area contributed by atoms with Crippen molar-refractivity contribution in [2.75, 3.05) is 18.4 Å². The van der Waals surface area contributed by atoms with Crippen LogP contribution in [-0.2, 0) is 15.8 Å². The standard InChI is InChI=1S/C16H20ClF3N2O2/c1-10(2)9-22(11(3)23)7-6-15(24)21-12-4-5-14(17)13(8-12)16(18,19)20/h4-5,8,10H,6-7,9H2,1-3H3,(H,21,24). The molecule has 24 heavy (non-hydrogen) atoms. The summed E-state index contributed by atoms with van der Waals surface area (Å²) in [4.78, 5) is 24.9. The van der Waals surface area contributed by atoms with E-state index in [2.05, 4.69) is 5.32 Å². The second kappa shape index (κ2) is 8.37. The van der Waals surface area contributed by atoms with Gasteiger partial charge < -0.3 is 10.2 Å². The highest BCUT2D eigenvalue weighted by molar-refractivity contribution is 6.31. The van der Waals surface area contributed by atoms with Crippen LogP contribution in [0, 0.1) is 5.92 Å². The Morgan fingerprint density at radius 1 is 1.29 bits per heavy atom. The van der Waals surface area contributed by atoms with E-state index in [0.29, 0.717) is 6.54 Å². The van der Waals surface area contributed by atoms with Crippen LogP contribution in [0.2, 0.25) is 5.02 Å². The van der Waals surface area contributed by atoms with Gasteiger partial charge in [0.25, 0.3) is 0 Å². The molecule has 0 aliphatic heterocycles. The summed E-state index contributed by atoms with van der Waals surface area (Å²) >= 11 is 5.53. The van der Waals surface area contributed by atoms with Crippen molar-refractivity contribution in [3.05, 3.63) is 28.8 Å². The van der Waals surface area contributed by atoms with Gasteiger partial charge in [0.1, 0.15) is 0 Å². The molecular formula is C16H20ClF3N2O2. The molecule has 0 bridgehead atoms. The summed E-state index contributed by atoms with van der Waals surface area (Å²) in [5.74, 6) is -0.370. The first-order chi connectivity index (χ1) is 11.0. The number of nitrogens with zero attached hydrogens (tertiary/aromatic N) is 1. The van der Waals surface area contributed by atoms with Gasteiger partial charge >= 0.3 is 6.18 Å². The molecule has 0 unspecified atom stereocenters. The van der Waals surface area contributed by atoms with Crippen molar-refractivity contribution in [1.82, 2.24) is 4.90 Å². The van der Waals surface area contributed by atoms with Crippen LogP contribution in [0.25, 0.3) is 0 Å². The van der Waals surface area contributed by atoms with E-state index >= 15 is 0 Å². The van der Waals surface area contributed by atoms with Gasteiger partial charge in [-0.2, -0.15) is 13.2 Å². The van der Waals surface area contributed by atoms with Gasteiger partial charge in [0.15, 0.2) is 0 Å². The second-order valence-electron chi connectivity index (χ2n) is 5.85. The Morgan fingerprint density at radius 3 is 2.42 bits per heavy atom. The highest BCUT2D eigenvalue weighted by Gasteiger charge is 2.33. The molecule has 1 rings (SSSR count). The van der Waals surface area contributed by atoms with Gasteiger partial charge in [-0.1, -0.05) is 25.4 Å². The molecule has 1 N–H and O–H groups in total. The highest BCUT2D eigenvalue weighted by Crippen LogP contribution is 2.36. The number of halogens is 4. The molecule has 0 fully saturated rings. The third-order valence-electron chi connectivity index (χ3n) is 3.20. The zero-order valence-corrected chi connectivity index (χ0v) is 14.5. The van der Waals surface area contributed by atoms with Crippen LogP contribution in [0.5, 0.6) is 0 Å². The minimum Gasteiger partial charge on any atom is -0.342 e. The van der Waals surface area contributed by atoms with Gasteiger partial charge in [0, 0.05) is 32.1 Å². The van der Waals surface area contributed by atoms with E-state index in [0.717, 1.165) is 12.1 Å². The van der Waals surface area contributed by atoms with E-state index in [1.807, 2.05) is 13.8 Å². The first-order valence-corrected chi connectivity index (χ1v) is 7.80. The number of rotatable bonds is 6. The maximum absolute atomic E-state index is 12.8. The normalized spacial score (nSPS) is 11.5. The van der Waals surface area contributed by atoms with Crippen molar-refractivity contribution in [3.8, 4) is 0 Å². The quantitative estimate of drug-likeness (QED) is 0.822. The molecule has 1 aromatic rings. The number of alkyl halides is 3. The summed E-state index contributed by atoms with van der Waals surface area (Å²) in [6, 6.07) is 3.17. The van der Waals surface area contributed by atoms with E-state index in [-0.39, 0.29) is 30.5 Å². The maximum Gasteiger partial charge on any atom is 0.417 e. The lowest BCUT2D eigenvalue weighted by Crippen LogP contribution is -2.34. The summed E-state index contributed by atoms with van der Waals surface area (Å²) in [6.07, 6.45) is -4.60. The lowest BCUT2D eigenvalue weighted by atomic mass is 10.2. The molecule has 0 aromatic heterocycles. The predicted octanol–water partition coefficient (Wildman–Crippen LogP) is 4.19. The SMILES string of the molecule is CC(=O)N(CCC(=O)Nc1ccc(Cl)c(C(F)(F)F)c1)CC(C)C. The topological polar surface area (TPSA) is 49.4 Å². The van der Waals surface area contributed by atoms with Crippen molar-refractivity contribution in [3.63, 3.8) is 0 Å². The minimum absolute atomic E-state index is 0.00369. The smallest absolute Gasteiger partial charge is 0.342 e. The average molecular weight is 365 g/mol. The fourth-order valence-electron chi connectivity index (χ4n) is 2.10. The Labute approximate surface area is 144 Å². The van der Waals surface area contributed by atoms with E-state index in [1.54, 1.807) is 0 Å². The molecule has 4 nitrogen and oxygen atoms in total. The number of carbonyl (C=O) groups is 2. The zero-order chi connectivity index (χ0) is 18.5.